The maximum absolute atomic E-state index is 2.34. The van der Waals surface area contributed by atoms with E-state index in [2.05, 4.69) is 16.2 Å². The third-order valence-corrected chi connectivity index (χ3v) is 3.41. The maximum Gasteiger partial charge on any atom is 0.00291 e. The van der Waals surface area contributed by atoms with Gasteiger partial charge in [-0.3, -0.25) is 0 Å². The summed E-state index contributed by atoms with van der Waals surface area (Å²) < 4.78 is 4.06. The third kappa shape index (κ3) is 0.511. The molecule has 1 aliphatic carbocycles. The van der Waals surface area contributed by atoms with E-state index in [1.54, 1.807) is 9.08 Å². The molecular formula is C6H5I. The quantitative estimate of drug-likeness (QED) is 0.529. The van der Waals surface area contributed by atoms with Gasteiger partial charge in [-0.1, -0.05) is 26.8 Å². The molecule has 2 bridgehead atoms. The molecule has 7 heavy (non-hydrogen) atoms. The smallest absolute Gasteiger partial charge is 0.00291 e. The number of rotatable bonds is 0. The van der Waals surface area contributed by atoms with Gasteiger partial charge in [0.05, 0.1) is 0 Å². The second-order valence-corrected chi connectivity index (χ2v) is 4.47. The molecule has 0 nitrogen and oxygen atoms in total. The lowest BCUT2D eigenvalue weighted by Crippen LogP contribution is -2.05. The number of hydrogen-bond donors (Lipinski definition) is 0. The average Bonchev–Trinajstić information content (AvgIpc) is 1.67. The standard InChI is InChI=1S/C6H5I/c1-2-7-6-3-5(1)4-6/h1-3H,4H2. The monoisotopic (exact) mass is 204 g/mol. The van der Waals surface area contributed by atoms with Crippen LogP contribution in [0.2, 0.25) is 0 Å². The Bertz CT molecular complexity index is 175. The van der Waals surface area contributed by atoms with Gasteiger partial charge in [0.2, 0.25) is 0 Å². The molecule has 3 rings (SSSR count). The van der Waals surface area contributed by atoms with Gasteiger partial charge in [-0.05, 0) is 19.2 Å². The largest absolute Gasteiger partial charge is 0.0898 e. The zero-order valence-electron chi connectivity index (χ0n) is 3.82. The van der Waals surface area contributed by atoms with E-state index in [-0.39, 0.29) is 0 Å². The molecule has 0 fully saturated rings. The first-order valence-electron chi connectivity index (χ1n) is 2.31. The Morgan fingerprint density at radius 1 is 1.57 bits per heavy atom. The molecule has 0 radical (unpaired) electrons. The Labute approximate surface area is 52.7 Å². The first kappa shape index (κ1) is 4.01. The van der Waals surface area contributed by atoms with Crippen LogP contribution in [-0.4, -0.2) is 3.51 Å². The molecule has 36 valence electrons. The molecular weight excluding hydrogens is 199 g/mol. The molecule has 0 unspecified atom stereocenters. The molecule has 0 aromatic heterocycles. The zero-order valence-corrected chi connectivity index (χ0v) is 5.97. The highest BCUT2D eigenvalue weighted by atomic mass is 127. The molecule has 0 aromatic carbocycles. The summed E-state index contributed by atoms with van der Waals surface area (Å²) in [6.45, 7) is 0. The normalized spacial score (nSPS) is 24.0. The summed E-state index contributed by atoms with van der Waals surface area (Å²) in [7, 11) is 0. The fourth-order valence-corrected chi connectivity index (χ4v) is 3.08. The molecule has 0 amide bonds. The molecule has 0 spiro atoms. The van der Waals surface area contributed by atoms with E-state index in [9.17, 15) is 0 Å². The van der Waals surface area contributed by atoms with Crippen LogP contribution in [0, 0.1) is 0 Å². The van der Waals surface area contributed by atoms with Crippen LogP contribution < -0.4 is 0 Å². The van der Waals surface area contributed by atoms with Gasteiger partial charge in [0.25, 0.3) is 0 Å². The van der Waals surface area contributed by atoms with Crippen molar-refractivity contribution in [3.63, 3.8) is 0 Å². The van der Waals surface area contributed by atoms with Crippen molar-refractivity contribution in [3.8, 4) is 0 Å². The second-order valence-electron chi connectivity index (χ2n) is 1.74. The van der Waals surface area contributed by atoms with Crippen LogP contribution in [0.4, 0.5) is 0 Å². The fraction of sp³-hybridized carbons (Fsp3) is 0.167. The van der Waals surface area contributed by atoms with Gasteiger partial charge in [0.15, 0.2) is 0 Å². The minimum atomic E-state index is 0.378. The van der Waals surface area contributed by atoms with Gasteiger partial charge in [-0.25, -0.2) is 0 Å². The first-order valence-corrected chi connectivity index (χ1v) is 4.64. The predicted molar refractivity (Wildman–Crippen MR) is 40.9 cm³/mol. The minimum Gasteiger partial charge on any atom is -0.0898 e. The minimum absolute atomic E-state index is 0.378. The Balaban J connectivity index is 2.62. The average molecular weight is 204 g/mol. The predicted octanol–water partition coefficient (Wildman–Crippen LogP) is 1.99. The molecule has 1 heteroatoms. The Morgan fingerprint density at radius 3 is 2.57 bits per heavy atom. The molecule has 2 heterocycles. The SMILES string of the molecule is C1=CC2=CC(=I1)C2. The van der Waals surface area contributed by atoms with Crippen LogP contribution >= 0.6 is 20.7 Å². The highest BCUT2D eigenvalue weighted by Gasteiger charge is 2.10. The van der Waals surface area contributed by atoms with Crippen molar-refractivity contribution in [2.75, 3.05) is 0 Å². The van der Waals surface area contributed by atoms with Crippen molar-refractivity contribution in [1.82, 2.24) is 0 Å². The van der Waals surface area contributed by atoms with Crippen molar-refractivity contribution in [1.29, 1.82) is 0 Å². The summed E-state index contributed by atoms with van der Waals surface area (Å²) in [5.74, 6) is 0. The van der Waals surface area contributed by atoms with Crippen LogP contribution in [0.1, 0.15) is 6.42 Å². The maximum atomic E-state index is 2.34. The Morgan fingerprint density at radius 2 is 2.43 bits per heavy atom. The summed E-state index contributed by atoms with van der Waals surface area (Å²) >= 11 is 0.378. The van der Waals surface area contributed by atoms with Crippen molar-refractivity contribution in [2.24, 2.45) is 0 Å². The van der Waals surface area contributed by atoms with Gasteiger partial charge in [-0.2, -0.15) is 0 Å². The molecule has 0 saturated heterocycles. The van der Waals surface area contributed by atoms with Crippen LogP contribution in [0.25, 0.3) is 0 Å². The van der Waals surface area contributed by atoms with E-state index in [0.717, 1.165) is 0 Å². The van der Waals surface area contributed by atoms with Crippen LogP contribution in [0.3, 0.4) is 0 Å². The lowest BCUT2D eigenvalue weighted by Gasteiger charge is -2.16. The van der Waals surface area contributed by atoms with E-state index in [1.807, 2.05) is 0 Å². The summed E-state index contributed by atoms with van der Waals surface area (Å²) in [6, 6.07) is 0. The Kier molecular flexibility index (Phi) is 0.732. The second kappa shape index (κ2) is 1.28. The van der Waals surface area contributed by atoms with Crippen LogP contribution in [0.15, 0.2) is 21.8 Å². The van der Waals surface area contributed by atoms with Gasteiger partial charge in [0, 0.05) is 6.42 Å². The number of hydrogen-bond acceptors (Lipinski definition) is 0. The van der Waals surface area contributed by atoms with Gasteiger partial charge in [-0.15, -0.1) is 0 Å². The van der Waals surface area contributed by atoms with Crippen molar-refractivity contribution in [3.05, 3.63) is 21.8 Å². The van der Waals surface area contributed by atoms with E-state index >= 15 is 0 Å². The van der Waals surface area contributed by atoms with E-state index < -0.39 is 0 Å². The van der Waals surface area contributed by atoms with Crippen LogP contribution in [-0.2, 0) is 0 Å². The summed E-state index contributed by atoms with van der Waals surface area (Å²) in [6.07, 6.45) is 5.91. The molecule has 0 atom stereocenters. The summed E-state index contributed by atoms with van der Waals surface area (Å²) in [5.41, 5.74) is 1.54. The van der Waals surface area contributed by atoms with Crippen molar-refractivity contribution >= 4 is 24.2 Å². The van der Waals surface area contributed by atoms with Gasteiger partial charge in [0.1, 0.15) is 0 Å². The molecule has 0 aromatic rings. The number of halogens is 1. The molecule has 2 aliphatic heterocycles. The molecule has 3 aliphatic rings. The van der Waals surface area contributed by atoms with Crippen molar-refractivity contribution < 1.29 is 0 Å². The third-order valence-electron chi connectivity index (χ3n) is 1.20. The molecule has 0 N–H and O–H groups in total. The highest BCUT2D eigenvalue weighted by Crippen LogP contribution is 2.28. The lowest BCUT2D eigenvalue weighted by atomic mass is 10.00. The number of fused-ring (bicyclic) bond motifs is 1. The van der Waals surface area contributed by atoms with Crippen LogP contribution in [0.5, 0.6) is 0 Å². The zero-order chi connectivity index (χ0) is 4.69. The summed E-state index contributed by atoms with van der Waals surface area (Å²) in [4.78, 5) is 0. The van der Waals surface area contributed by atoms with E-state index in [4.69, 9.17) is 0 Å². The topological polar surface area (TPSA) is 0 Å². The highest BCUT2D eigenvalue weighted by molar-refractivity contribution is 14.2. The molecule has 0 saturated carbocycles. The van der Waals surface area contributed by atoms with E-state index in [0.29, 0.717) is 20.7 Å². The fourth-order valence-electron chi connectivity index (χ4n) is 0.738. The summed E-state index contributed by atoms with van der Waals surface area (Å²) in [5, 5.41) is 0. The Hall–Kier alpha value is 0.0800. The van der Waals surface area contributed by atoms with E-state index in [1.165, 1.54) is 6.42 Å². The number of allylic oxidation sites excluding steroid dienone is 3. The van der Waals surface area contributed by atoms with Gasteiger partial charge >= 0.3 is 0 Å². The lowest BCUT2D eigenvalue weighted by molar-refractivity contribution is 1.33. The first-order chi connectivity index (χ1) is 3.45. The van der Waals surface area contributed by atoms with Gasteiger partial charge < -0.3 is 0 Å². The van der Waals surface area contributed by atoms with Crippen molar-refractivity contribution in [2.45, 2.75) is 6.42 Å².